The van der Waals surface area contributed by atoms with Gasteiger partial charge in [0.05, 0.1) is 4.90 Å². The lowest BCUT2D eigenvalue weighted by Gasteiger charge is -1.93. The molecule has 1 aromatic rings. The molecule has 0 amide bonds. The number of hydrogen-bond donors (Lipinski definition) is 1. The Morgan fingerprint density at radius 3 is 2.09 bits per heavy atom. The zero-order chi connectivity index (χ0) is 7.56. The summed E-state index contributed by atoms with van der Waals surface area (Å²) in [4.78, 5) is 0.450. The van der Waals surface area contributed by atoms with Crippen LogP contribution in [-0.4, -0.2) is 14.2 Å². The molecule has 0 aliphatic rings. The predicted octanol–water partition coefficient (Wildman–Crippen LogP) is 0.751. The molecule has 1 aromatic carbocycles. The Hall–Kier alpha value is -0.710. The normalized spacial score (nSPS) is 11.8. The van der Waals surface area contributed by atoms with Gasteiger partial charge >= 0.3 is 0 Å². The van der Waals surface area contributed by atoms with Gasteiger partial charge in [0.1, 0.15) is 0 Å². The van der Waals surface area contributed by atoms with Gasteiger partial charge in [-0.15, -0.1) is 0 Å². The lowest BCUT2D eigenvalue weighted by molar-refractivity contribution is 0.564. The van der Waals surface area contributed by atoms with Gasteiger partial charge in [-0.25, -0.2) is 4.21 Å². The highest BCUT2D eigenvalue weighted by Gasteiger charge is 1.95. The molecule has 1 unspecified atom stereocenters. The zero-order valence-corrected chi connectivity index (χ0v) is 6.89. The molecule has 0 fully saturated rings. The molecular formula is C7H10O3S. The minimum absolute atomic E-state index is 0. The van der Waals surface area contributed by atoms with Crippen molar-refractivity contribution in [1.29, 1.82) is 0 Å². The van der Waals surface area contributed by atoms with Crippen LogP contribution in [0.4, 0.5) is 0 Å². The van der Waals surface area contributed by atoms with Gasteiger partial charge in [-0.1, -0.05) is 17.7 Å². The molecular weight excluding hydrogens is 164 g/mol. The molecule has 0 aliphatic carbocycles. The Morgan fingerprint density at radius 1 is 1.27 bits per heavy atom. The van der Waals surface area contributed by atoms with Gasteiger partial charge in [0.25, 0.3) is 0 Å². The molecule has 3 N–H and O–H groups in total. The summed E-state index contributed by atoms with van der Waals surface area (Å²) >= 11 is -1.84. The Balaban J connectivity index is 0.000001000. The third kappa shape index (κ3) is 2.80. The summed E-state index contributed by atoms with van der Waals surface area (Å²) in [6.45, 7) is 1.93. The van der Waals surface area contributed by atoms with Crippen molar-refractivity contribution in [3.63, 3.8) is 0 Å². The average Bonchev–Trinajstić information content (AvgIpc) is 1.88. The summed E-state index contributed by atoms with van der Waals surface area (Å²) in [5.41, 5.74) is 1.09. The molecule has 0 heterocycles. The fourth-order valence-electron chi connectivity index (χ4n) is 0.655. The highest BCUT2D eigenvalue weighted by molar-refractivity contribution is 7.79. The molecule has 62 valence electrons. The van der Waals surface area contributed by atoms with E-state index in [1.807, 2.05) is 19.1 Å². The first-order valence-electron chi connectivity index (χ1n) is 2.87. The molecule has 1 rings (SSSR count). The average molecular weight is 174 g/mol. The first-order chi connectivity index (χ1) is 4.70. The molecule has 11 heavy (non-hydrogen) atoms. The van der Waals surface area contributed by atoms with E-state index < -0.39 is 11.1 Å². The van der Waals surface area contributed by atoms with Crippen LogP contribution in [0.15, 0.2) is 29.2 Å². The van der Waals surface area contributed by atoms with E-state index in [1.54, 1.807) is 12.1 Å². The maximum Gasteiger partial charge on any atom is 0.186 e. The highest BCUT2D eigenvalue weighted by Crippen LogP contribution is 2.05. The largest absolute Gasteiger partial charge is 0.412 e. The molecule has 0 aliphatic heterocycles. The van der Waals surface area contributed by atoms with Crippen molar-refractivity contribution in [2.45, 2.75) is 11.8 Å². The second kappa shape index (κ2) is 4.23. The molecule has 0 radical (unpaired) electrons. The van der Waals surface area contributed by atoms with Crippen LogP contribution in [0, 0.1) is 6.92 Å². The SMILES string of the molecule is Cc1ccc(S(=O)O)cc1.O. The summed E-state index contributed by atoms with van der Waals surface area (Å²) in [6, 6.07) is 6.91. The van der Waals surface area contributed by atoms with Gasteiger partial charge in [0.2, 0.25) is 0 Å². The van der Waals surface area contributed by atoms with E-state index in [4.69, 9.17) is 4.55 Å². The van der Waals surface area contributed by atoms with Gasteiger partial charge < -0.3 is 10.0 Å². The van der Waals surface area contributed by atoms with Crippen molar-refractivity contribution in [2.24, 2.45) is 0 Å². The molecule has 0 saturated heterocycles. The fourth-order valence-corrected chi connectivity index (χ4v) is 1.02. The van der Waals surface area contributed by atoms with Gasteiger partial charge in [-0.3, -0.25) is 0 Å². The summed E-state index contributed by atoms with van der Waals surface area (Å²) in [7, 11) is 0. The number of benzene rings is 1. The number of aryl methyl sites for hydroxylation is 1. The molecule has 1 atom stereocenters. The third-order valence-corrected chi connectivity index (χ3v) is 1.90. The van der Waals surface area contributed by atoms with E-state index >= 15 is 0 Å². The molecule has 0 saturated carbocycles. The van der Waals surface area contributed by atoms with E-state index in [2.05, 4.69) is 0 Å². The lowest BCUT2D eigenvalue weighted by Crippen LogP contribution is -1.86. The van der Waals surface area contributed by atoms with Gasteiger partial charge in [-0.2, -0.15) is 0 Å². The minimum Gasteiger partial charge on any atom is -0.412 e. The molecule has 4 heteroatoms. The molecule has 0 bridgehead atoms. The fraction of sp³-hybridized carbons (Fsp3) is 0.143. The van der Waals surface area contributed by atoms with Crippen LogP contribution >= 0.6 is 0 Å². The quantitative estimate of drug-likeness (QED) is 0.638. The van der Waals surface area contributed by atoms with Crippen LogP contribution in [0.25, 0.3) is 0 Å². The van der Waals surface area contributed by atoms with Crippen molar-refractivity contribution >= 4 is 11.1 Å². The van der Waals surface area contributed by atoms with Crippen LogP contribution in [-0.2, 0) is 11.1 Å². The second-order valence-corrected chi connectivity index (χ2v) is 3.03. The standard InChI is InChI=1S/C7H8O2S.H2O/c1-6-2-4-7(5-3-6)10(8)9;/h2-5H,1H3,(H,8,9);1H2. The van der Waals surface area contributed by atoms with Gasteiger partial charge in [0, 0.05) is 0 Å². The van der Waals surface area contributed by atoms with Crippen molar-refractivity contribution in [1.82, 2.24) is 0 Å². The topological polar surface area (TPSA) is 68.8 Å². The first-order valence-corrected chi connectivity index (χ1v) is 3.98. The lowest BCUT2D eigenvalue weighted by atomic mass is 10.2. The smallest absolute Gasteiger partial charge is 0.186 e. The molecule has 3 nitrogen and oxygen atoms in total. The van der Waals surface area contributed by atoms with Crippen molar-refractivity contribution < 1.29 is 14.2 Å². The van der Waals surface area contributed by atoms with Crippen LogP contribution in [0.1, 0.15) is 5.56 Å². The van der Waals surface area contributed by atoms with E-state index in [0.29, 0.717) is 4.90 Å². The first kappa shape index (κ1) is 10.3. The van der Waals surface area contributed by atoms with E-state index in [-0.39, 0.29) is 5.48 Å². The predicted molar refractivity (Wildman–Crippen MR) is 43.8 cm³/mol. The minimum atomic E-state index is -1.84. The Kier molecular flexibility index (Phi) is 3.95. The highest BCUT2D eigenvalue weighted by atomic mass is 32.2. The summed E-state index contributed by atoms with van der Waals surface area (Å²) in [6.07, 6.45) is 0. The maximum absolute atomic E-state index is 10.4. The van der Waals surface area contributed by atoms with Crippen molar-refractivity contribution in [2.75, 3.05) is 0 Å². The number of rotatable bonds is 1. The Labute approximate surface area is 67.7 Å². The van der Waals surface area contributed by atoms with E-state index in [0.717, 1.165) is 5.56 Å². The summed E-state index contributed by atoms with van der Waals surface area (Å²) in [5.74, 6) is 0. The molecule has 0 spiro atoms. The van der Waals surface area contributed by atoms with Crippen LogP contribution in [0.2, 0.25) is 0 Å². The van der Waals surface area contributed by atoms with Crippen LogP contribution in [0.5, 0.6) is 0 Å². The van der Waals surface area contributed by atoms with E-state index in [1.165, 1.54) is 0 Å². The zero-order valence-electron chi connectivity index (χ0n) is 6.07. The Bertz CT molecular complexity index is 242. The van der Waals surface area contributed by atoms with Crippen molar-refractivity contribution in [3.8, 4) is 0 Å². The maximum atomic E-state index is 10.4. The van der Waals surface area contributed by atoms with Crippen LogP contribution in [0.3, 0.4) is 0 Å². The monoisotopic (exact) mass is 174 g/mol. The third-order valence-electron chi connectivity index (χ3n) is 1.22. The van der Waals surface area contributed by atoms with E-state index in [9.17, 15) is 4.21 Å². The summed E-state index contributed by atoms with van der Waals surface area (Å²) in [5, 5.41) is 0. The summed E-state index contributed by atoms with van der Waals surface area (Å²) < 4.78 is 19.0. The number of hydrogen-bond acceptors (Lipinski definition) is 1. The van der Waals surface area contributed by atoms with Crippen LogP contribution < -0.4 is 0 Å². The van der Waals surface area contributed by atoms with Gasteiger partial charge in [0.15, 0.2) is 11.1 Å². The van der Waals surface area contributed by atoms with Gasteiger partial charge in [-0.05, 0) is 19.1 Å². The molecule has 0 aromatic heterocycles. The van der Waals surface area contributed by atoms with Crippen molar-refractivity contribution in [3.05, 3.63) is 29.8 Å². The Morgan fingerprint density at radius 2 is 1.73 bits per heavy atom. The second-order valence-electron chi connectivity index (χ2n) is 2.06.